The summed E-state index contributed by atoms with van der Waals surface area (Å²) in [6, 6.07) is 21.4. The number of aliphatic carboxylic acids is 1. The van der Waals surface area contributed by atoms with Crippen molar-refractivity contribution in [2.45, 2.75) is 128 Å². The number of fused-ring (bicyclic) bond motifs is 2. The molecule has 5 fully saturated rings. The quantitative estimate of drug-likeness (QED) is 0.0246. The topological polar surface area (TPSA) is 353 Å². The Kier molecular flexibility index (Phi) is 19.1. The van der Waals surface area contributed by atoms with Crippen LogP contribution in [0.25, 0.3) is 21.3 Å². The molecule has 28 heteroatoms. The van der Waals surface area contributed by atoms with Crippen LogP contribution < -0.4 is 25.0 Å². The number of hydrogen-bond donors (Lipinski definition) is 7. The number of carboxylic acids is 2. The van der Waals surface area contributed by atoms with Crippen molar-refractivity contribution in [3.05, 3.63) is 125 Å². The number of carbonyl (C=O) groups excluding carboxylic acids is 5. The van der Waals surface area contributed by atoms with Crippen LogP contribution in [0.1, 0.15) is 102 Å². The second-order valence-electron chi connectivity index (χ2n) is 26.8. The largest absolute Gasteiger partial charge is 0.491 e. The van der Waals surface area contributed by atoms with Gasteiger partial charge in [0.25, 0.3) is 17.7 Å². The molecule has 7 aliphatic rings. The number of carbonyl (C=O) groups is 7. The van der Waals surface area contributed by atoms with Crippen molar-refractivity contribution >= 4 is 74.2 Å². The normalized spacial score (nSPS) is 25.6. The Morgan fingerprint density at radius 2 is 1.60 bits per heavy atom. The van der Waals surface area contributed by atoms with E-state index in [9.17, 15) is 59.1 Å². The molecule has 7 atom stereocenters. The van der Waals surface area contributed by atoms with Gasteiger partial charge in [-0.15, -0.1) is 0 Å². The molecule has 3 aromatic carbocycles. The number of nitrogens with one attached hydrogen (secondary N) is 2. The number of carboxylic acid groups (broad SMARTS) is 2. The first-order valence-electron chi connectivity index (χ1n) is 31.9. The summed E-state index contributed by atoms with van der Waals surface area (Å²) in [6.45, 7) is 8.37. The van der Waals surface area contributed by atoms with Gasteiger partial charge >= 0.3 is 18.0 Å². The van der Waals surface area contributed by atoms with Crippen molar-refractivity contribution in [2.75, 3.05) is 69.9 Å². The molecule has 7 N–H and O–H groups in total. The van der Waals surface area contributed by atoms with Crippen molar-refractivity contribution in [3.8, 4) is 22.6 Å². The molecular formula is C68H77N9O18S. The highest BCUT2D eigenvalue weighted by atomic mass is 32.1. The number of ether oxygens (including phenoxy) is 6. The summed E-state index contributed by atoms with van der Waals surface area (Å²) < 4.78 is 38.5. The van der Waals surface area contributed by atoms with Gasteiger partial charge in [-0.25, -0.2) is 24.4 Å². The predicted octanol–water partition coefficient (Wildman–Crippen LogP) is 5.88. The number of aliphatic hydroxyl groups is 3. The van der Waals surface area contributed by atoms with E-state index in [1.807, 2.05) is 59.0 Å². The smallest absolute Gasteiger partial charge is 0.409 e. The Labute approximate surface area is 555 Å². The van der Waals surface area contributed by atoms with Gasteiger partial charge in [0.1, 0.15) is 48.8 Å². The molecule has 3 aliphatic heterocycles. The van der Waals surface area contributed by atoms with E-state index in [-0.39, 0.29) is 98.4 Å². The van der Waals surface area contributed by atoms with Crippen LogP contribution in [0.4, 0.5) is 15.7 Å². The van der Waals surface area contributed by atoms with E-state index in [0.717, 1.165) is 82.6 Å². The molecule has 4 aliphatic carbocycles. The molecule has 4 bridgehead atoms. The number of hydrogen-bond acceptors (Lipinski definition) is 21. The number of likely N-dealkylation sites (N-methyl/N-ethyl adjacent to an activating group) is 1. The Bertz CT molecular complexity index is 3970. The van der Waals surface area contributed by atoms with E-state index in [1.165, 1.54) is 34.4 Å². The minimum atomic E-state index is -1.94. The fourth-order valence-electron chi connectivity index (χ4n) is 15.8. The van der Waals surface area contributed by atoms with Crippen LogP contribution in [0.5, 0.6) is 11.5 Å². The lowest BCUT2D eigenvalue weighted by atomic mass is 9.39. The fraction of sp³-hybridized carbons (Fsp3) is 0.471. The molecular weight excluding hydrogens is 1260 g/mol. The van der Waals surface area contributed by atoms with Crippen LogP contribution in [0.2, 0.25) is 0 Å². The summed E-state index contributed by atoms with van der Waals surface area (Å²) in [6.07, 6.45) is -0.0320. The van der Waals surface area contributed by atoms with Crippen LogP contribution in [0.3, 0.4) is 0 Å². The van der Waals surface area contributed by atoms with Crippen LogP contribution >= 0.6 is 11.3 Å². The van der Waals surface area contributed by atoms with Crippen molar-refractivity contribution in [3.63, 3.8) is 0 Å². The molecule has 0 radical (unpaired) electrons. The number of imide groups is 1. The number of benzene rings is 3. The highest BCUT2D eigenvalue weighted by Crippen LogP contribution is 2.72. The Morgan fingerprint density at radius 1 is 0.833 bits per heavy atom. The number of pyridine rings is 1. The highest BCUT2D eigenvalue weighted by molar-refractivity contribution is 7.22. The van der Waals surface area contributed by atoms with Gasteiger partial charge in [0, 0.05) is 98.9 Å². The molecule has 6 aromatic rings. The van der Waals surface area contributed by atoms with Crippen molar-refractivity contribution in [2.24, 2.45) is 16.2 Å². The first kappa shape index (κ1) is 67.1. The standard InChI is InChI=1S/C68H77N9O18S/c1-39-45(43-14-15-50(72-54(43)60(85)86)75-21-18-40-8-7-9-44(46(40)30-75)59(84)73-63-71-47-10-5-6-11-49(47)96-63)29-70-77(39)38-67-33-65(2)32-66(3,34-67)36-68(35-65,37-67)93-25-23-74(4)64(89)92-31-41-12-13-42(94-62-57(83)55(81)56(82)58(95-62)61(87)88)28-48(41)91-27-26-90-24-20-69-51(78)19-22-76-52(79)16-17-53(76)80/h5-17,28-29,55-58,62,81-83H,18-27,30-38H2,1-4H3,(H,69,78)(H,85,86)(H,87,88)(H,71,73,84)/t55?,56?,57?,58-,62+,65?,66?,67?,68?/m0/s1. The third kappa shape index (κ3) is 14.3. The van der Waals surface area contributed by atoms with Crippen molar-refractivity contribution in [1.82, 2.24) is 34.9 Å². The monoisotopic (exact) mass is 1340 g/mol. The molecule has 6 heterocycles. The number of para-hydroxylation sites is 1. The maximum Gasteiger partial charge on any atom is 0.409 e. The number of anilines is 2. The van der Waals surface area contributed by atoms with E-state index in [2.05, 4.69) is 29.5 Å². The second-order valence-corrected chi connectivity index (χ2v) is 27.8. The predicted molar refractivity (Wildman–Crippen MR) is 345 cm³/mol. The molecule has 1 saturated heterocycles. The van der Waals surface area contributed by atoms with E-state index >= 15 is 0 Å². The first-order chi connectivity index (χ1) is 45.9. The van der Waals surface area contributed by atoms with E-state index in [0.29, 0.717) is 59.3 Å². The third-order valence-electron chi connectivity index (χ3n) is 19.1. The summed E-state index contributed by atoms with van der Waals surface area (Å²) in [5.41, 5.74) is 4.64. The zero-order valence-corrected chi connectivity index (χ0v) is 54.4. The zero-order valence-electron chi connectivity index (χ0n) is 53.6. The number of aromatic nitrogens is 4. The molecule has 3 aromatic heterocycles. The Balaban J connectivity index is 0.665. The maximum atomic E-state index is 13.8. The minimum absolute atomic E-state index is 0.00141. The van der Waals surface area contributed by atoms with Crippen molar-refractivity contribution in [1.29, 1.82) is 0 Å². The van der Waals surface area contributed by atoms with Crippen LogP contribution in [0, 0.1) is 23.2 Å². The zero-order chi connectivity index (χ0) is 67.8. The van der Waals surface area contributed by atoms with Gasteiger partial charge in [0.2, 0.25) is 12.2 Å². The highest BCUT2D eigenvalue weighted by Gasteiger charge is 2.66. The van der Waals surface area contributed by atoms with Crippen LogP contribution in [0.15, 0.2) is 91.1 Å². The lowest BCUT2D eigenvalue weighted by Gasteiger charge is -2.69. The van der Waals surface area contributed by atoms with E-state index < -0.39 is 72.1 Å². The van der Waals surface area contributed by atoms with Crippen LogP contribution in [-0.4, -0.2) is 193 Å². The SMILES string of the molecule is Cc1c(-c2ccc(N3CCc4cccc(C(=O)Nc5nc6ccccc6s5)c4C3)nc2C(=O)O)cnn1CC12CC3(C)CC(C)(C1)CC(OCCN(C)C(=O)OCc1ccc(O[C@@H]4O[C@H](C(=O)O)C(O)C(O)C4O)cc1OCCOCCNC(=O)CCN1C(=O)C=CC1=O)(C3)C2. The average molecular weight is 1340 g/mol. The summed E-state index contributed by atoms with van der Waals surface area (Å²) in [7, 11) is 1.61. The second kappa shape index (κ2) is 27.3. The summed E-state index contributed by atoms with van der Waals surface area (Å²) in [4.78, 5) is 102. The summed E-state index contributed by atoms with van der Waals surface area (Å²) in [5.74, 6) is -3.77. The summed E-state index contributed by atoms with van der Waals surface area (Å²) in [5, 5.41) is 62.7. The van der Waals surface area contributed by atoms with Gasteiger partial charge in [-0.05, 0) is 122 Å². The number of amides is 5. The first-order valence-corrected chi connectivity index (χ1v) is 32.7. The van der Waals surface area contributed by atoms with Gasteiger partial charge in [-0.2, -0.15) is 5.10 Å². The maximum absolute atomic E-state index is 13.8. The Morgan fingerprint density at radius 3 is 2.35 bits per heavy atom. The molecule has 5 amide bonds. The molecule has 13 rings (SSSR count). The van der Waals surface area contributed by atoms with Gasteiger partial charge in [0.05, 0.1) is 41.8 Å². The summed E-state index contributed by atoms with van der Waals surface area (Å²) >= 11 is 1.41. The van der Waals surface area contributed by atoms with E-state index in [1.54, 1.807) is 25.4 Å². The van der Waals surface area contributed by atoms with Gasteiger partial charge in [-0.3, -0.25) is 34.1 Å². The van der Waals surface area contributed by atoms with E-state index in [4.69, 9.17) is 38.5 Å². The third-order valence-corrected chi connectivity index (χ3v) is 20.0. The average Bonchev–Trinajstić information content (AvgIpc) is 0.728. The molecule has 5 unspecified atom stereocenters. The fourth-order valence-corrected chi connectivity index (χ4v) is 16.7. The van der Waals surface area contributed by atoms with Gasteiger partial charge < -0.3 is 69.1 Å². The molecule has 96 heavy (non-hydrogen) atoms. The van der Waals surface area contributed by atoms with Crippen LogP contribution in [-0.2, 0) is 64.2 Å². The van der Waals surface area contributed by atoms with Crippen molar-refractivity contribution < 1.29 is 87.5 Å². The lowest BCUT2D eigenvalue weighted by Crippen LogP contribution is -2.64. The number of thiazole rings is 1. The Hall–Kier alpha value is -8.90. The van der Waals surface area contributed by atoms with Gasteiger partial charge in [0.15, 0.2) is 16.9 Å². The number of aromatic carboxylic acids is 1. The molecule has 27 nitrogen and oxygen atoms in total. The number of aliphatic hydroxyl groups excluding tert-OH is 3. The number of nitrogens with zero attached hydrogens (tertiary/aromatic N) is 7. The van der Waals surface area contributed by atoms with Gasteiger partial charge in [-0.1, -0.05) is 49.4 Å². The minimum Gasteiger partial charge on any atom is -0.491 e. The molecule has 508 valence electrons. The molecule has 0 spiro atoms. The lowest BCUT2D eigenvalue weighted by molar-refractivity contribution is -0.271. The number of rotatable bonds is 26. The molecule has 4 saturated carbocycles.